The van der Waals surface area contributed by atoms with Gasteiger partial charge in [0.05, 0.1) is 23.3 Å². The highest BCUT2D eigenvalue weighted by atomic mass is 79.9. The number of esters is 1. The number of nitro benzene ring substituents is 1. The maximum Gasteiger partial charge on any atom is 0.340 e. The molecular weight excluding hydrogens is 444 g/mol. The molecule has 1 fully saturated rings. The number of anilines is 2. The van der Waals surface area contributed by atoms with Crippen LogP contribution >= 0.6 is 15.9 Å². The second-order valence-corrected chi connectivity index (χ2v) is 7.48. The van der Waals surface area contributed by atoms with Crippen LogP contribution in [0.3, 0.4) is 0 Å². The van der Waals surface area contributed by atoms with Crippen molar-refractivity contribution in [2.45, 2.75) is 12.8 Å². The normalized spacial score (nSPS) is 14.3. The molecule has 0 aliphatic carbocycles. The number of rotatable bonds is 5. The molecule has 3 rings (SSSR count). The van der Waals surface area contributed by atoms with Gasteiger partial charge >= 0.3 is 5.97 Å². The third-order valence-electron chi connectivity index (χ3n) is 4.78. The highest BCUT2D eigenvalue weighted by molar-refractivity contribution is 9.10. The number of halogens is 1. The third kappa shape index (κ3) is 4.89. The zero-order valence-corrected chi connectivity index (χ0v) is 17.2. The lowest BCUT2D eigenvalue weighted by Gasteiger charge is -2.33. The Hall–Kier alpha value is -3.01. The standard InChI is InChI=1S/C19H19BrN4O5/c1-29-19(26)15-10-14(24(27)28)3-4-16(15)23-8-6-12(7-9-23)18(25)22-17-5-2-13(20)11-21-17/h2-5,10-12H,6-9H2,1H3,(H,21,22,25). The van der Waals surface area contributed by atoms with E-state index in [1.165, 1.54) is 19.2 Å². The molecule has 0 saturated carbocycles. The number of nitrogens with one attached hydrogen (secondary N) is 1. The van der Waals surface area contributed by atoms with Gasteiger partial charge in [0, 0.05) is 41.8 Å². The number of benzene rings is 1. The molecule has 2 aromatic rings. The van der Waals surface area contributed by atoms with Gasteiger partial charge in [-0.05, 0) is 47.0 Å². The van der Waals surface area contributed by atoms with Gasteiger partial charge < -0.3 is 15.0 Å². The summed E-state index contributed by atoms with van der Waals surface area (Å²) in [5.41, 5.74) is 0.532. The lowest BCUT2D eigenvalue weighted by atomic mass is 9.95. The summed E-state index contributed by atoms with van der Waals surface area (Å²) in [7, 11) is 1.23. The van der Waals surface area contributed by atoms with Crippen molar-refractivity contribution < 1.29 is 19.2 Å². The van der Waals surface area contributed by atoms with Crippen LogP contribution in [0.15, 0.2) is 41.0 Å². The Bertz CT molecular complexity index is 927. The lowest BCUT2D eigenvalue weighted by molar-refractivity contribution is -0.384. The minimum Gasteiger partial charge on any atom is -0.465 e. The van der Waals surface area contributed by atoms with E-state index in [0.29, 0.717) is 37.4 Å². The molecule has 1 saturated heterocycles. The van der Waals surface area contributed by atoms with Gasteiger partial charge in [0.15, 0.2) is 0 Å². The first kappa shape index (κ1) is 20.7. The second-order valence-electron chi connectivity index (χ2n) is 6.56. The molecule has 1 aliphatic rings. The largest absolute Gasteiger partial charge is 0.465 e. The third-order valence-corrected chi connectivity index (χ3v) is 5.25. The number of pyridine rings is 1. The zero-order chi connectivity index (χ0) is 21.0. The molecule has 0 atom stereocenters. The van der Waals surface area contributed by atoms with Crippen LogP contribution in [0.5, 0.6) is 0 Å². The smallest absolute Gasteiger partial charge is 0.340 e. The number of ether oxygens (including phenoxy) is 1. The summed E-state index contributed by atoms with van der Waals surface area (Å²) in [4.78, 5) is 41.2. The number of piperidine rings is 1. The number of hydrogen-bond acceptors (Lipinski definition) is 7. The first-order valence-electron chi connectivity index (χ1n) is 8.93. The Morgan fingerprint density at radius 3 is 2.59 bits per heavy atom. The molecule has 9 nitrogen and oxygen atoms in total. The van der Waals surface area contributed by atoms with Crippen molar-refractivity contribution in [3.8, 4) is 0 Å². The van der Waals surface area contributed by atoms with E-state index >= 15 is 0 Å². The van der Waals surface area contributed by atoms with Crippen molar-refractivity contribution in [1.82, 2.24) is 4.98 Å². The van der Waals surface area contributed by atoms with Gasteiger partial charge in [-0.2, -0.15) is 0 Å². The van der Waals surface area contributed by atoms with Crippen molar-refractivity contribution in [2.24, 2.45) is 5.92 Å². The summed E-state index contributed by atoms with van der Waals surface area (Å²) in [5.74, 6) is -0.429. The SMILES string of the molecule is COC(=O)c1cc([N+](=O)[O-])ccc1N1CCC(C(=O)Nc2ccc(Br)cn2)CC1. The van der Waals surface area contributed by atoms with Gasteiger partial charge in [-0.1, -0.05) is 0 Å². The predicted molar refractivity (Wildman–Crippen MR) is 110 cm³/mol. The molecule has 1 N–H and O–H groups in total. The average Bonchev–Trinajstić information content (AvgIpc) is 2.74. The van der Waals surface area contributed by atoms with Crippen molar-refractivity contribution in [2.75, 3.05) is 30.4 Å². The molecule has 0 radical (unpaired) electrons. The summed E-state index contributed by atoms with van der Waals surface area (Å²) in [6, 6.07) is 7.65. The maximum atomic E-state index is 12.5. The van der Waals surface area contributed by atoms with E-state index < -0.39 is 10.9 Å². The number of hydrogen-bond donors (Lipinski definition) is 1. The monoisotopic (exact) mass is 462 g/mol. The lowest BCUT2D eigenvalue weighted by Crippen LogP contribution is -2.39. The van der Waals surface area contributed by atoms with Gasteiger partial charge in [-0.3, -0.25) is 14.9 Å². The average molecular weight is 463 g/mol. The van der Waals surface area contributed by atoms with Crippen LogP contribution in [0.25, 0.3) is 0 Å². The van der Waals surface area contributed by atoms with Crippen LogP contribution in [-0.4, -0.2) is 42.0 Å². The number of carbonyl (C=O) groups is 2. The Kier molecular flexibility index (Phi) is 6.42. The van der Waals surface area contributed by atoms with Crippen LogP contribution in [0.4, 0.5) is 17.2 Å². The molecular formula is C19H19BrN4O5. The highest BCUT2D eigenvalue weighted by Gasteiger charge is 2.28. The Labute approximate surface area is 175 Å². The number of methoxy groups -OCH3 is 1. The van der Waals surface area contributed by atoms with Crippen molar-refractivity contribution in [1.29, 1.82) is 0 Å². The molecule has 1 amide bonds. The number of nitrogens with zero attached hydrogens (tertiary/aromatic N) is 3. The van der Waals surface area contributed by atoms with E-state index in [0.717, 1.165) is 4.47 Å². The first-order chi connectivity index (χ1) is 13.9. The number of amides is 1. The van der Waals surface area contributed by atoms with Crippen LogP contribution in [0.2, 0.25) is 0 Å². The van der Waals surface area contributed by atoms with E-state index in [4.69, 9.17) is 4.74 Å². The quantitative estimate of drug-likeness (QED) is 0.411. The fourth-order valence-electron chi connectivity index (χ4n) is 3.25. The molecule has 2 heterocycles. The molecule has 0 bridgehead atoms. The van der Waals surface area contributed by atoms with Crippen molar-refractivity contribution in [3.63, 3.8) is 0 Å². The zero-order valence-electron chi connectivity index (χ0n) is 15.6. The second kappa shape index (κ2) is 8.99. The summed E-state index contributed by atoms with van der Waals surface area (Å²) in [5, 5.41) is 13.8. The maximum absolute atomic E-state index is 12.5. The van der Waals surface area contributed by atoms with Crippen LogP contribution < -0.4 is 10.2 Å². The van der Waals surface area contributed by atoms with Crippen molar-refractivity contribution in [3.05, 3.63) is 56.7 Å². The molecule has 0 spiro atoms. The van der Waals surface area contributed by atoms with Gasteiger partial charge in [-0.15, -0.1) is 0 Å². The molecule has 1 aromatic carbocycles. The summed E-state index contributed by atoms with van der Waals surface area (Å²) in [6.07, 6.45) is 2.78. The molecule has 29 heavy (non-hydrogen) atoms. The number of aromatic nitrogens is 1. The van der Waals surface area contributed by atoms with Crippen molar-refractivity contribution >= 4 is 45.0 Å². The molecule has 1 aromatic heterocycles. The summed E-state index contributed by atoms with van der Waals surface area (Å²) in [6.45, 7) is 1.07. The van der Waals surface area contributed by atoms with E-state index in [1.54, 1.807) is 24.4 Å². The van der Waals surface area contributed by atoms with E-state index in [2.05, 4.69) is 26.2 Å². The Balaban J connectivity index is 1.68. The Morgan fingerprint density at radius 2 is 2.00 bits per heavy atom. The summed E-state index contributed by atoms with van der Waals surface area (Å²) >= 11 is 3.30. The van der Waals surface area contributed by atoms with Crippen LogP contribution in [0.1, 0.15) is 23.2 Å². The number of carbonyl (C=O) groups excluding carboxylic acids is 2. The fourth-order valence-corrected chi connectivity index (χ4v) is 3.48. The summed E-state index contributed by atoms with van der Waals surface area (Å²) < 4.78 is 5.60. The molecule has 152 valence electrons. The highest BCUT2D eigenvalue weighted by Crippen LogP contribution is 2.30. The van der Waals surface area contributed by atoms with Gasteiger partial charge in [0.25, 0.3) is 5.69 Å². The topological polar surface area (TPSA) is 115 Å². The molecule has 0 unspecified atom stereocenters. The fraction of sp³-hybridized carbons (Fsp3) is 0.316. The van der Waals surface area contributed by atoms with Gasteiger partial charge in [-0.25, -0.2) is 9.78 Å². The molecule has 1 aliphatic heterocycles. The Morgan fingerprint density at radius 1 is 1.28 bits per heavy atom. The van der Waals surface area contributed by atoms with Crippen LogP contribution in [-0.2, 0) is 9.53 Å². The van der Waals surface area contributed by atoms with Gasteiger partial charge in [0.2, 0.25) is 5.91 Å². The van der Waals surface area contributed by atoms with Crippen LogP contribution in [0, 0.1) is 16.0 Å². The number of nitro groups is 1. The van der Waals surface area contributed by atoms with E-state index in [-0.39, 0.29) is 23.1 Å². The minimum atomic E-state index is -0.634. The first-order valence-corrected chi connectivity index (χ1v) is 9.72. The van der Waals surface area contributed by atoms with Gasteiger partial charge in [0.1, 0.15) is 5.82 Å². The van der Waals surface area contributed by atoms with E-state index in [1.807, 2.05) is 4.90 Å². The van der Waals surface area contributed by atoms with E-state index in [9.17, 15) is 19.7 Å². The molecule has 10 heteroatoms. The minimum absolute atomic E-state index is 0.101. The predicted octanol–water partition coefficient (Wildman–Crippen LogP) is 3.39. The number of non-ortho nitro benzene ring substituents is 1.